The zero-order valence-electron chi connectivity index (χ0n) is 23.7. The van der Waals surface area contributed by atoms with E-state index in [1.165, 1.54) is 19.9 Å². The van der Waals surface area contributed by atoms with Crippen molar-refractivity contribution in [2.75, 3.05) is 0 Å². The van der Waals surface area contributed by atoms with Crippen LogP contribution in [0.3, 0.4) is 0 Å². The number of fused-ring (bicyclic) bond motifs is 1. The van der Waals surface area contributed by atoms with Crippen LogP contribution in [0.1, 0.15) is 78.2 Å². The van der Waals surface area contributed by atoms with E-state index < -0.39 is 52.6 Å². The molecule has 8 heteroatoms. The van der Waals surface area contributed by atoms with Crippen molar-refractivity contribution in [3.63, 3.8) is 0 Å². The first-order valence-electron chi connectivity index (χ1n) is 14.1. The van der Waals surface area contributed by atoms with Crippen LogP contribution in [0.5, 0.6) is 0 Å². The predicted octanol–water partition coefficient (Wildman–Crippen LogP) is 4.12. The van der Waals surface area contributed by atoms with Crippen LogP contribution >= 0.6 is 0 Å². The molecule has 0 aromatic heterocycles. The lowest BCUT2D eigenvalue weighted by Crippen LogP contribution is -2.61. The normalized spacial score (nSPS) is 33.7. The Bertz CT molecular complexity index is 1220. The Hall–Kier alpha value is -3.10. The number of allylic oxidation sites excluding steroid dienone is 1. The Morgan fingerprint density at radius 2 is 1.82 bits per heavy atom. The zero-order valence-corrected chi connectivity index (χ0v) is 23.7. The number of esters is 2. The summed E-state index contributed by atoms with van der Waals surface area (Å²) in [6.07, 6.45) is 3.88. The van der Waals surface area contributed by atoms with Gasteiger partial charge in [0.15, 0.2) is 0 Å². The SMILES string of the molecule is CC(=O)OC(C)C1(O)CCC(=O)C1(C)C(CC1C(=O)CC=C2CC(O)CCC21C)OC(=O)C=Cc1ccccc1. The third-order valence-corrected chi connectivity index (χ3v) is 9.68. The summed E-state index contributed by atoms with van der Waals surface area (Å²) in [6, 6.07) is 9.19. The first-order chi connectivity index (χ1) is 18.8. The molecule has 7 unspecified atom stereocenters. The third-order valence-electron chi connectivity index (χ3n) is 9.68. The molecule has 3 aliphatic rings. The molecule has 0 aliphatic heterocycles. The minimum absolute atomic E-state index is 0.0136. The molecule has 0 radical (unpaired) electrons. The van der Waals surface area contributed by atoms with Crippen molar-refractivity contribution in [3.8, 4) is 0 Å². The standard InChI is InChI=1S/C32H40O8/c1-20(39-21(2)33)32(38)17-15-27(36)31(32,4)28(40-29(37)13-10-22-8-6-5-7-9-22)19-25-26(35)12-11-23-18-24(34)14-16-30(23,25)3/h5-11,13,20,24-25,28,34,38H,12,14-19H2,1-4H3. The average molecular weight is 553 g/mol. The van der Waals surface area contributed by atoms with Crippen LogP contribution in [0, 0.1) is 16.7 Å². The first kappa shape index (κ1) is 29.9. The molecule has 0 spiro atoms. The van der Waals surface area contributed by atoms with Crippen LogP contribution in [0.2, 0.25) is 0 Å². The second kappa shape index (κ2) is 11.4. The van der Waals surface area contributed by atoms with Gasteiger partial charge in [0.2, 0.25) is 0 Å². The molecule has 0 heterocycles. The molecule has 216 valence electrons. The second-order valence-corrected chi connectivity index (χ2v) is 12.0. The fourth-order valence-corrected chi connectivity index (χ4v) is 7.06. The number of carbonyl (C=O) groups excluding carboxylic acids is 4. The van der Waals surface area contributed by atoms with E-state index in [2.05, 4.69) is 0 Å². The lowest BCUT2D eigenvalue weighted by Gasteiger charge is -2.50. The van der Waals surface area contributed by atoms with Crippen molar-refractivity contribution in [2.24, 2.45) is 16.7 Å². The van der Waals surface area contributed by atoms with Crippen molar-refractivity contribution < 1.29 is 38.9 Å². The van der Waals surface area contributed by atoms with Crippen LogP contribution in [0.15, 0.2) is 48.1 Å². The van der Waals surface area contributed by atoms with Crippen LogP contribution in [-0.2, 0) is 28.7 Å². The van der Waals surface area contributed by atoms with Gasteiger partial charge < -0.3 is 19.7 Å². The highest BCUT2D eigenvalue weighted by atomic mass is 16.6. The summed E-state index contributed by atoms with van der Waals surface area (Å²) in [7, 11) is 0. The zero-order chi connectivity index (χ0) is 29.3. The van der Waals surface area contributed by atoms with E-state index >= 15 is 0 Å². The predicted molar refractivity (Wildman–Crippen MR) is 148 cm³/mol. The molecule has 2 N–H and O–H groups in total. The number of carbonyl (C=O) groups is 4. The van der Waals surface area contributed by atoms with Crippen molar-refractivity contribution in [1.82, 2.24) is 0 Å². The summed E-state index contributed by atoms with van der Waals surface area (Å²) in [5.41, 5.74) is -2.24. The van der Waals surface area contributed by atoms with E-state index in [0.717, 1.165) is 11.1 Å². The summed E-state index contributed by atoms with van der Waals surface area (Å²) in [5.74, 6) is -2.25. The van der Waals surface area contributed by atoms with Gasteiger partial charge in [0.05, 0.1) is 11.5 Å². The smallest absolute Gasteiger partial charge is 0.331 e. The summed E-state index contributed by atoms with van der Waals surface area (Å²) in [5, 5.41) is 22.3. The van der Waals surface area contributed by atoms with Gasteiger partial charge in [-0.15, -0.1) is 0 Å². The summed E-state index contributed by atoms with van der Waals surface area (Å²) in [6.45, 7) is 6.31. The van der Waals surface area contributed by atoms with Gasteiger partial charge in [-0.3, -0.25) is 14.4 Å². The van der Waals surface area contributed by atoms with Gasteiger partial charge >= 0.3 is 11.9 Å². The van der Waals surface area contributed by atoms with Crippen LogP contribution in [0.25, 0.3) is 6.08 Å². The van der Waals surface area contributed by atoms with Crippen LogP contribution in [-0.4, -0.2) is 57.6 Å². The number of benzene rings is 1. The van der Waals surface area contributed by atoms with Gasteiger partial charge in [-0.1, -0.05) is 48.9 Å². The Kier molecular flexibility index (Phi) is 8.52. The number of ketones is 2. The Labute approximate surface area is 235 Å². The summed E-state index contributed by atoms with van der Waals surface area (Å²) < 4.78 is 11.4. The molecule has 0 saturated heterocycles. The molecule has 8 nitrogen and oxygen atoms in total. The second-order valence-electron chi connectivity index (χ2n) is 12.0. The lowest BCUT2D eigenvalue weighted by molar-refractivity contribution is -0.202. The molecule has 3 aliphatic carbocycles. The number of hydrogen-bond acceptors (Lipinski definition) is 8. The Morgan fingerprint density at radius 3 is 2.50 bits per heavy atom. The summed E-state index contributed by atoms with van der Waals surface area (Å²) >= 11 is 0. The summed E-state index contributed by atoms with van der Waals surface area (Å²) in [4.78, 5) is 52.0. The topological polar surface area (TPSA) is 127 Å². The van der Waals surface area contributed by atoms with Crippen molar-refractivity contribution in [2.45, 2.75) is 96.6 Å². The van der Waals surface area contributed by atoms with Crippen molar-refractivity contribution in [1.29, 1.82) is 0 Å². The fraction of sp³-hybridized carbons (Fsp3) is 0.562. The van der Waals surface area contributed by atoms with Gasteiger partial charge in [0.1, 0.15) is 29.4 Å². The first-order valence-corrected chi connectivity index (χ1v) is 14.1. The molecule has 0 bridgehead atoms. The van der Waals surface area contributed by atoms with E-state index in [1.807, 2.05) is 43.3 Å². The van der Waals surface area contributed by atoms with Gasteiger partial charge in [-0.25, -0.2) is 4.79 Å². The monoisotopic (exact) mass is 552 g/mol. The van der Waals surface area contributed by atoms with Crippen molar-refractivity contribution in [3.05, 3.63) is 53.6 Å². The van der Waals surface area contributed by atoms with E-state index in [-0.39, 0.29) is 37.2 Å². The molecule has 0 amide bonds. The van der Waals surface area contributed by atoms with Crippen LogP contribution in [0.4, 0.5) is 0 Å². The minimum Gasteiger partial charge on any atom is -0.460 e. The minimum atomic E-state index is -1.82. The lowest BCUT2D eigenvalue weighted by atomic mass is 9.56. The van der Waals surface area contributed by atoms with E-state index in [0.29, 0.717) is 19.3 Å². The molecular weight excluding hydrogens is 512 g/mol. The van der Waals surface area contributed by atoms with Gasteiger partial charge in [0, 0.05) is 31.8 Å². The fourth-order valence-electron chi connectivity index (χ4n) is 7.06. The highest BCUT2D eigenvalue weighted by molar-refractivity contribution is 5.92. The number of Topliss-reactive ketones (excluding diaryl/α,β-unsaturated/α-hetero) is 2. The third kappa shape index (κ3) is 5.44. The number of aliphatic hydroxyl groups excluding tert-OH is 1. The molecule has 40 heavy (non-hydrogen) atoms. The van der Waals surface area contributed by atoms with E-state index in [1.54, 1.807) is 13.0 Å². The Balaban J connectivity index is 1.72. The Morgan fingerprint density at radius 1 is 1.12 bits per heavy atom. The van der Waals surface area contributed by atoms with Crippen molar-refractivity contribution >= 4 is 29.6 Å². The molecular formula is C32H40O8. The maximum atomic E-state index is 13.6. The van der Waals surface area contributed by atoms with E-state index in [9.17, 15) is 29.4 Å². The molecule has 2 fully saturated rings. The number of ether oxygens (including phenoxy) is 2. The number of rotatable bonds is 8. The van der Waals surface area contributed by atoms with Gasteiger partial charge in [-0.2, -0.15) is 0 Å². The highest BCUT2D eigenvalue weighted by Gasteiger charge is 2.66. The van der Waals surface area contributed by atoms with Gasteiger partial charge in [0.25, 0.3) is 0 Å². The maximum Gasteiger partial charge on any atom is 0.331 e. The molecule has 4 rings (SSSR count). The van der Waals surface area contributed by atoms with Crippen LogP contribution < -0.4 is 0 Å². The molecule has 2 saturated carbocycles. The maximum absolute atomic E-state index is 13.6. The number of hydrogen-bond donors (Lipinski definition) is 2. The number of aliphatic hydroxyl groups is 2. The van der Waals surface area contributed by atoms with E-state index in [4.69, 9.17) is 9.47 Å². The van der Waals surface area contributed by atoms with Gasteiger partial charge in [-0.05, 0) is 63.0 Å². The molecule has 1 aromatic rings. The quantitative estimate of drug-likeness (QED) is 0.280. The molecule has 7 atom stereocenters. The highest BCUT2D eigenvalue weighted by Crippen LogP contribution is 2.55. The average Bonchev–Trinajstić information content (AvgIpc) is 3.15. The largest absolute Gasteiger partial charge is 0.460 e. The molecule has 1 aromatic carbocycles.